The van der Waals surface area contributed by atoms with E-state index in [1.807, 2.05) is 43.3 Å². The van der Waals surface area contributed by atoms with Crippen molar-refractivity contribution < 1.29 is 14.3 Å². The smallest absolute Gasteiger partial charge is 0.275 e. The van der Waals surface area contributed by atoms with Crippen molar-refractivity contribution in [1.29, 1.82) is 0 Å². The number of amides is 1. The Bertz CT molecular complexity index is 725. The third-order valence-corrected chi connectivity index (χ3v) is 3.44. The summed E-state index contributed by atoms with van der Waals surface area (Å²) in [4.78, 5) is 14.2. The fourth-order valence-electron chi connectivity index (χ4n) is 2.07. The Balaban J connectivity index is 2.04. The average molecular weight is 327 g/mol. The summed E-state index contributed by atoms with van der Waals surface area (Å²) in [6.07, 6.45) is 1.59. The van der Waals surface area contributed by atoms with Gasteiger partial charge in [-0.2, -0.15) is 5.10 Å². The van der Waals surface area contributed by atoms with E-state index in [1.54, 1.807) is 31.5 Å². The van der Waals surface area contributed by atoms with Gasteiger partial charge in [-0.1, -0.05) is 12.1 Å². The molecule has 1 amide bonds. The fraction of sp³-hybridized carbons (Fsp3) is 0.222. The zero-order chi connectivity index (χ0) is 17.5. The number of carbonyl (C=O) groups is 1. The number of hydrogen-bond acceptors (Lipinski definition) is 5. The minimum absolute atomic E-state index is 0.351. The van der Waals surface area contributed by atoms with Crippen LogP contribution in [0.4, 0.5) is 5.69 Å². The summed E-state index contributed by atoms with van der Waals surface area (Å²) in [6, 6.07) is 12.8. The van der Waals surface area contributed by atoms with E-state index in [4.69, 9.17) is 9.47 Å². The topological polar surface area (TPSA) is 63.2 Å². The lowest BCUT2D eigenvalue weighted by Gasteiger charge is -2.11. The van der Waals surface area contributed by atoms with Crippen molar-refractivity contribution in [3.05, 3.63) is 53.6 Å². The van der Waals surface area contributed by atoms with Gasteiger partial charge in [-0.25, -0.2) is 5.43 Å². The third-order valence-electron chi connectivity index (χ3n) is 3.44. The van der Waals surface area contributed by atoms with E-state index in [0.29, 0.717) is 17.1 Å². The van der Waals surface area contributed by atoms with E-state index in [2.05, 4.69) is 10.5 Å². The Kier molecular flexibility index (Phi) is 5.78. The van der Waals surface area contributed by atoms with E-state index in [-0.39, 0.29) is 5.91 Å². The number of rotatable bonds is 6. The zero-order valence-corrected chi connectivity index (χ0v) is 14.2. The number of nitrogens with one attached hydrogen (secondary N) is 1. The molecule has 0 bridgehead atoms. The Morgan fingerprint density at radius 2 is 1.79 bits per heavy atom. The van der Waals surface area contributed by atoms with Gasteiger partial charge in [-0.05, 0) is 29.8 Å². The average Bonchev–Trinajstić information content (AvgIpc) is 2.61. The maximum Gasteiger partial charge on any atom is 0.275 e. The molecule has 0 fully saturated rings. The van der Waals surface area contributed by atoms with Gasteiger partial charge in [0.15, 0.2) is 0 Å². The van der Waals surface area contributed by atoms with E-state index in [9.17, 15) is 4.79 Å². The predicted octanol–water partition coefficient (Wildman–Crippen LogP) is 2.53. The molecule has 0 heterocycles. The van der Waals surface area contributed by atoms with Gasteiger partial charge in [0.1, 0.15) is 11.5 Å². The van der Waals surface area contributed by atoms with E-state index in [1.165, 1.54) is 7.11 Å². The van der Waals surface area contributed by atoms with E-state index < -0.39 is 0 Å². The first kappa shape index (κ1) is 17.3. The molecule has 0 aliphatic rings. The summed E-state index contributed by atoms with van der Waals surface area (Å²) in [5.74, 6) is 0.695. The fourth-order valence-corrected chi connectivity index (χ4v) is 2.07. The van der Waals surface area contributed by atoms with Gasteiger partial charge in [0.25, 0.3) is 5.91 Å². The lowest BCUT2D eigenvalue weighted by atomic mass is 10.2. The van der Waals surface area contributed by atoms with Crippen molar-refractivity contribution in [1.82, 2.24) is 5.43 Å². The highest BCUT2D eigenvalue weighted by Crippen LogP contribution is 2.24. The molecule has 0 aromatic heterocycles. The molecule has 1 N–H and O–H groups in total. The van der Waals surface area contributed by atoms with Crippen molar-refractivity contribution in [2.75, 3.05) is 33.2 Å². The first-order valence-corrected chi connectivity index (χ1v) is 7.38. The molecule has 0 saturated carbocycles. The maximum atomic E-state index is 12.2. The van der Waals surface area contributed by atoms with Crippen molar-refractivity contribution in [2.24, 2.45) is 5.10 Å². The Hall–Kier alpha value is -3.02. The van der Waals surface area contributed by atoms with Gasteiger partial charge in [0, 0.05) is 25.8 Å². The quantitative estimate of drug-likeness (QED) is 0.654. The molecule has 0 aliphatic heterocycles. The van der Waals surface area contributed by atoms with E-state index >= 15 is 0 Å². The van der Waals surface area contributed by atoms with Gasteiger partial charge < -0.3 is 14.4 Å². The molecule has 2 aromatic carbocycles. The first-order chi connectivity index (χ1) is 11.5. The van der Waals surface area contributed by atoms with Crippen molar-refractivity contribution in [3.8, 4) is 11.5 Å². The second-order valence-electron chi connectivity index (χ2n) is 5.25. The molecular weight excluding hydrogens is 306 g/mol. The molecule has 2 rings (SSSR count). The van der Waals surface area contributed by atoms with Crippen LogP contribution in [0.3, 0.4) is 0 Å². The molecule has 6 heteroatoms. The van der Waals surface area contributed by atoms with Gasteiger partial charge in [-0.3, -0.25) is 4.79 Å². The summed E-state index contributed by atoms with van der Waals surface area (Å²) in [5, 5.41) is 3.99. The molecule has 0 spiro atoms. The standard InChI is InChI=1S/C18H21N3O3/c1-21(2)14-7-5-13(6-8-14)12-19-20-18(22)16-10-9-15(23-3)11-17(16)24-4/h5-12H,1-4H3,(H,20,22)/b19-12+. The molecule has 0 saturated heterocycles. The molecule has 126 valence electrons. The molecule has 0 unspecified atom stereocenters. The Labute approximate surface area is 141 Å². The number of carbonyl (C=O) groups excluding carboxylic acids is 1. The molecule has 0 atom stereocenters. The van der Waals surface area contributed by atoms with Crippen LogP contribution in [0.15, 0.2) is 47.6 Å². The van der Waals surface area contributed by atoms with Crippen LogP contribution in [0.1, 0.15) is 15.9 Å². The van der Waals surface area contributed by atoms with Crippen LogP contribution in [-0.2, 0) is 0 Å². The highest BCUT2D eigenvalue weighted by molar-refractivity contribution is 5.97. The number of hydrogen-bond donors (Lipinski definition) is 1. The van der Waals surface area contributed by atoms with Crippen LogP contribution in [-0.4, -0.2) is 40.4 Å². The second kappa shape index (κ2) is 8.01. The molecule has 24 heavy (non-hydrogen) atoms. The summed E-state index contributed by atoms with van der Waals surface area (Å²) >= 11 is 0. The van der Waals surface area contributed by atoms with Gasteiger partial charge in [0.05, 0.1) is 26.0 Å². The van der Waals surface area contributed by atoms with Crippen LogP contribution in [0.2, 0.25) is 0 Å². The first-order valence-electron chi connectivity index (χ1n) is 7.38. The largest absolute Gasteiger partial charge is 0.497 e. The van der Waals surface area contributed by atoms with Crippen LogP contribution < -0.4 is 19.8 Å². The van der Waals surface area contributed by atoms with Crippen LogP contribution in [0, 0.1) is 0 Å². The van der Waals surface area contributed by atoms with E-state index in [0.717, 1.165) is 11.3 Å². The van der Waals surface area contributed by atoms with Gasteiger partial charge >= 0.3 is 0 Å². The summed E-state index contributed by atoms with van der Waals surface area (Å²) < 4.78 is 10.3. The Morgan fingerprint density at radius 3 is 2.38 bits per heavy atom. The number of methoxy groups -OCH3 is 2. The second-order valence-corrected chi connectivity index (χ2v) is 5.25. The van der Waals surface area contributed by atoms with Crippen LogP contribution >= 0.6 is 0 Å². The SMILES string of the molecule is COc1ccc(C(=O)N/N=C/c2ccc(N(C)C)cc2)c(OC)c1. The summed E-state index contributed by atoms with van der Waals surface area (Å²) in [7, 11) is 7.01. The lowest BCUT2D eigenvalue weighted by molar-refractivity contribution is 0.0952. The monoisotopic (exact) mass is 327 g/mol. The lowest BCUT2D eigenvalue weighted by Crippen LogP contribution is -2.18. The normalized spacial score (nSPS) is 10.5. The Morgan fingerprint density at radius 1 is 1.08 bits per heavy atom. The summed E-state index contributed by atoms with van der Waals surface area (Å²) in [6.45, 7) is 0. The van der Waals surface area contributed by atoms with Crippen LogP contribution in [0.25, 0.3) is 0 Å². The molecule has 0 aliphatic carbocycles. The molecule has 6 nitrogen and oxygen atoms in total. The van der Waals surface area contributed by atoms with Crippen molar-refractivity contribution in [2.45, 2.75) is 0 Å². The number of anilines is 1. The van der Waals surface area contributed by atoms with Crippen LogP contribution in [0.5, 0.6) is 11.5 Å². The van der Waals surface area contributed by atoms with Gasteiger partial charge in [-0.15, -0.1) is 0 Å². The highest BCUT2D eigenvalue weighted by atomic mass is 16.5. The predicted molar refractivity (Wildman–Crippen MR) is 95.4 cm³/mol. The number of hydrazone groups is 1. The molecule has 2 aromatic rings. The number of nitrogens with zero attached hydrogens (tertiary/aromatic N) is 2. The summed E-state index contributed by atoms with van der Waals surface area (Å²) in [5.41, 5.74) is 4.87. The third kappa shape index (κ3) is 4.25. The maximum absolute atomic E-state index is 12.2. The highest BCUT2D eigenvalue weighted by Gasteiger charge is 2.12. The van der Waals surface area contributed by atoms with Crippen molar-refractivity contribution in [3.63, 3.8) is 0 Å². The van der Waals surface area contributed by atoms with Gasteiger partial charge in [0.2, 0.25) is 0 Å². The molecule has 0 radical (unpaired) electrons. The molecular formula is C18H21N3O3. The van der Waals surface area contributed by atoms with Crippen molar-refractivity contribution >= 4 is 17.8 Å². The minimum Gasteiger partial charge on any atom is -0.497 e. The number of benzene rings is 2. The number of ether oxygens (including phenoxy) is 2. The minimum atomic E-state index is -0.351. The zero-order valence-electron chi connectivity index (χ0n) is 14.2.